The molecule has 2 aromatic carbocycles. The molecule has 36 heavy (non-hydrogen) atoms. The third-order valence-corrected chi connectivity index (χ3v) is 6.74. The van der Waals surface area contributed by atoms with E-state index in [4.69, 9.17) is 9.84 Å². The average molecular weight is 495 g/mol. The van der Waals surface area contributed by atoms with Crippen molar-refractivity contribution in [2.75, 3.05) is 26.2 Å². The molecule has 2 aromatic rings. The lowest BCUT2D eigenvalue weighted by atomic mass is 9.86. The molecule has 1 unspecified atom stereocenters. The molecule has 0 spiro atoms. The highest BCUT2D eigenvalue weighted by Gasteiger charge is 2.47. The Balaban J connectivity index is 1.60. The van der Waals surface area contributed by atoms with Crippen molar-refractivity contribution in [3.63, 3.8) is 0 Å². The van der Waals surface area contributed by atoms with Gasteiger partial charge in [-0.15, -0.1) is 0 Å². The molecule has 0 N–H and O–H groups in total. The van der Waals surface area contributed by atoms with E-state index in [0.717, 1.165) is 16.8 Å². The number of carbonyl (C=O) groups excluding carboxylic acids is 2. The van der Waals surface area contributed by atoms with Crippen molar-refractivity contribution >= 4 is 17.7 Å². The first kappa shape index (κ1) is 25.8. The zero-order valence-corrected chi connectivity index (χ0v) is 21.8. The van der Waals surface area contributed by atoms with Gasteiger partial charge in [0.1, 0.15) is 17.0 Å². The molecule has 2 aliphatic rings. The van der Waals surface area contributed by atoms with Crippen LogP contribution >= 0.6 is 0 Å². The van der Waals surface area contributed by atoms with Crippen molar-refractivity contribution < 1.29 is 18.7 Å². The van der Waals surface area contributed by atoms with Crippen LogP contribution in [0.2, 0.25) is 0 Å². The summed E-state index contributed by atoms with van der Waals surface area (Å²) in [6.45, 7) is 11.6. The van der Waals surface area contributed by atoms with E-state index in [9.17, 15) is 14.0 Å². The Morgan fingerprint density at radius 1 is 1.08 bits per heavy atom. The quantitative estimate of drug-likeness (QED) is 0.624. The molecule has 0 aromatic heterocycles. The first-order valence-electron chi connectivity index (χ1n) is 12.4. The number of benzene rings is 2. The monoisotopic (exact) mass is 494 g/mol. The number of rotatable bonds is 4. The van der Waals surface area contributed by atoms with Crippen molar-refractivity contribution in [3.05, 3.63) is 71.0 Å². The largest absolute Gasteiger partial charge is 0.444 e. The third kappa shape index (κ3) is 5.59. The van der Waals surface area contributed by atoms with Crippen LogP contribution in [0.1, 0.15) is 50.8 Å². The fourth-order valence-corrected chi connectivity index (χ4v) is 4.71. The normalized spacial score (nSPS) is 21.4. The van der Waals surface area contributed by atoms with Crippen molar-refractivity contribution in [1.82, 2.24) is 14.8 Å². The molecule has 7 nitrogen and oxygen atoms in total. The lowest BCUT2D eigenvalue weighted by molar-refractivity contribution is -0.146. The molecule has 8 heteroatoms. The molecule has 0 bridgehead atoms. The second kappa shape index (κ2) is 10.0. The summed E-state index contributed by atoms with van der Waals surface area (Å²) < 4.78 is 19.5. The molecule has 0 saturated carbocycles. The SMILES string of the molecule is Cc1cc(C2=NN(Cc3ccccc3)C(=O)C(C)(N3CCN(C(=O)OC(C)(C)C)CC3)C2)ccc1F. The zero-order valence-electron chi connectivity index (χ0n) is 21.8. The molecule has 0 radical (unpaired) electrons. The summed E-state index contributed by atoms with van der Waals surface area (Å²) in [6.07, 6.45) is 0.0614. The Kier molecular flexibility index (Phi) is 7.18. The minimum Gasteiger partial charge on any atom is -0.444 e. The number of halogens is 1. The summed E-state index contributed by atoms with van der Waals surface area (Å²) in [5.41, 5.74) is 1.64. The molecule has 2 amide bonds. The number of nitrogens with zero attached hydrogens (tertiary/aromatic N) is 4. The number of carbonyl (C=O) groups is 2. The summed E-state index contributed by atoms with van der Waals surface area (Å²) in [7, 11) is 0. The van der Waals surface area contributed by atoms with E-state index in [1.54, 1.807) is 24.0 Å². The summed E-state index contributed by atoms with van der Waals surface area (Å²) >= 11 is 0. The highest BCUT2D eigenvalue weighted by molar-refractivity contribution is 6.07. The fourth-order valence-electron chi connectivity index (χ4n) is 4.71. The molecule has 0 aliphatic carbocycles. The lowest BCUT2D eigenvalue weighted by Crippen LogP contribution is -2.64. The van der Waals surface area contributed by atoms with Gasteiger partial charge in [-0.3, -0.25) is 9.69 Å². The maximum Gasteiger partial charge on any atom is 0.410 e. The van der Waals surface area contributed by atoms with E-state index in [0.29, 0.717) is 44.7 Å². The molecular formula is C28H35FN4O3. The van der Waals surface area contributed by atoms with Gasteiger partial charge in [0.15, 0.2) is 0 Å². The first-order chi connectivity index (χ1) is 17.0. The molecule has 1 atom stereocenters. The third-order valence-electron chi connectivity index (χ3n) is 6.74. The smallest absolute Gasteiger partial charge is 0.410 e. The van der Waals surface area contributed by atoms with Crippen LogP contribution in [0.15, 0.2) is 53.6 Å². The van der Waals surface area contributed by atoms with Crippen molar-refractivity contribution in [2.45, 2.75) is 58.7 Å². The van der Waals surface area contributed by atoms with Gasteiger partial charge < -0.3 is 9.64 Å². The number of amides is 2. The first-order valence-corrected chi connectivity index (χ1v) is 12.4. The van der Waals surface area contributed by atoms with E-state index >= 15 is 0 Å². The molecule has 2 heterocycles. The molecular weight excluding hydrogens is 459 g/mol. The van der Waals surface area contributed by atoms with Crippen molar-refractivity contribution in [3.8, 4) is 0 Å². The number of piperazine rings is 1. The Morgan fingerprint density at radius 2 is 1.75 bits per heavy atom. The van der Waals surface area contributed by atoms with Crippen LogP contribution in [0.4, 0.5) is 9.18 Å². The molecule has 192 valence electrons. The number of hydrogen-bond donors (Lipinski definition) is 0. The molecule has 1 fully saturated rings. The average Bonchev–Trinajstić information content (AvgIpc) is 2.83. The van der Waals surface area contributed by atoms with Crippen molar-refractivity contribution in [2.24, 2.45) is 5.10 Å². The van der Waals surface area contributed by atoms with Crippen LogP contribution in [0, 0.1) is 12.7 Å². The molecule has 2 aliphatic heterocycles. The number of aryl methyl sites for hydroxylation is 1. The van der Waals surface area contributed by atoms with E-state index in [1.165, 1.54) is 11.1 Å². The maximum absolute atomic E-state index is 14.0. The minimum absolute atomic E-state index is 0.0837. The van der Waals surface area contributed by atoms with Gasteiger partial charge in [0, 0.05) is 32.6 Å². The highest BCUT2D eigenvalue weighted by atomic mass is 19.1. The van der Waals surface area contributed by atoms with Crippen LogP contribution < -0.4 is 0 Å². The Hall–Kier alpha value is -3.26. The summed E-state index contributed by atoms with van der Waals surface area (Å²) in [6, 6.07) is 14.7. The van der Waals surface area contributed by atoms with Crippen LogP contribution in [-0.2, 0) is 16.1 Å². The maximum atomic E-state index is 14.0. The van der Waals surface area contributed by atoms with E-state index < -0.39 is 11.1 Å². The fraction of sp³-hybridized carbons (Fsp3) is 0.464. The number of ether oxygens (including phenoxy) is 1. The van der Waals surface area contributed by atoms with Crippen LogP contribution in [0.25, 0.3) is 0 Å². The van der Waals surface area contributed by atoms with E-state index in [2.05, 4.69) is 4.90 Å². The predicted octanol–water partition coefficient (Wildman–Crippen LogP) is 4.58. The van der Waals surface area contributed by atoms with E-state index in [1.807, 2.05) is 58.0 Å². The number of hydrazone groups is 1. The molecule has 4 rings (SSSR count). The Morgan fingerprint density at radius 3 is 2.36 bits per heavy atom. The van der Waals surface area contributed by atoms with E-state index in [-0.39, 0.29) is 17.8 Å². The van der Waals surface area contributed by atoms with Crippen molar-refractivity contribution in [1.29, 1.82) is 0 Å². The van der Waals surface area contributed by atoms with Gasteiger partial charge in [0.2, 0.25) is 0 Å². The lowest BCUT2D eigenvalue weighted by Gasteiger charge is -2.47. The molecule has 1 saturated heterocycles. The second-order valence-electron chi connectivity index (χ2n) is 10.8. The van der Waals surface area contributed by atoms with Gasteiger partial charge in [-0.25, -0.2) is 14.2 Å². The topological polar surface area (TPSA) is 65.5 Å². The standard InChI is InChI=1S/C28H35FN4O3/c1-20-17-22(11-12-23(20)29)24-18-28(5,25(34)33(30-24)19-21-9-7-6-8-10-21)32-15-13-31(14-16-32)26(35)36-27(2,3)4/h6-12,17H,13-16,18-19H2,1-5H3. The summed E-state index contributed by atoms with van der Waals surface area (Å²) in [4.78, 5) is 30.2. The zero-order chi connectivity index (χ0) is 26.1. The Labute approximate surface area is 212 Å². The summed E-state index contributed by atoms with van der Waals surface area (Å²) in [5, 5.41) is 6.27. The van der Waals surface area contributed by atoms with Gasteiger partial charge in [0.05, 0.1) is 12.3 Å². The predicted molar refractivity (Wildman–Crippen MR) is 137 cm³/mol. The van der Waals surface area contributed by atoms with Gasteiger partial charge >= 0.3 is 6.09 Å². The van der Waals surface area contributed by atoms with Gasteiger partial charge in [-0.1, -0.05) is 36.4 Å². The van der Waals surface area contributed by atoms with Crippen LogP contribution in [0.3, 0.4) is 0 Å². The van der Waals surface area contributed by atoms with Crippen LogP contribution in [-0.4, -0.2) is 69.8 Å². The van der Waals surface area contributed by atoms with Gasteiger partial charge in [-0.2, -0.15) is 5.10 Å². The van der Waals surface area contributed by atoms with Gasteiger partial charge in [-0.05, 0) is 63.4 Å². The second-order valence-corrected chi connectivity index (χ2v) is 10.8. The Bertz CT molecular complexity index is 1150. The minimum atomic E-state index is -0.853. The summed E-state index contributed by atoms with van der Waals surface area (Å²) in [5.74, 6) is -0.354. The van der Waals surface area contributed by atoms with Crippen LogP contribution in [0.5, 0.6) is 0 Å². The highest BCUT2D eigenvalue weighted by Crippen LogP contribution is 2.32. The van der Waals surface area contributed by atoms with Gasteiger partial charge in [0.25, 0.3) is 5.91 Å². The number of hydrogen-bond acceptors (Lipinski definition) is 5.